The Bertz CT molecular complexity index is 1340. The molecule has 0 spiro atoms. The topological polar surface area (TPSA) is 82.3 Å². The summed E-state index contributed by atoms with van der Waals surface area (Å²) in [6, 6.07) is 18.4. The van der Waals surface area contributed by atoms with Crippen LogP contribution in [0, 0.1) is 0 Å². The minimum Gasteiger partial charge on any atom is -0.494 e. The van der Waals surface area contributed by atoms with E-state index in [4.69, 9.17) is 4.74 Å². The third-order valence-electron chi connectivity index (χ3n) is 5.49. The number of ether oxygens (including phenoxy) is 1. The third kappa shape index (κ3) is 3.45. The van der Waals surface area contributed by atoms with Gasteiger partial charge in [0.15, 0.2) is 5.69 Å². The maximum absolute atomic E-state index is 12.7. The van der Waals surface area contributed by atoms with Crippen molar-refractivity contribution in [2.75, 3.05) is 18.6 Å². The Morgan fingerprint density at radius 3 is 2.56 bits per heavy atom. The molecular formula is C24H21N5O3. The minimum absolute atomic E-state index is 0.109. The molecular weight excluding hydrogens is 406 g/mol. The number of nitrogens with zero attached hydrogens (tertiary/aromatic N) is 5. The van der Waals surface area contributed by atoms with Gasteiger partial charge >= 0.3 is 0 Å². The van der Waals surface area contributed by atoms with Crippen molar-refractivity contribution in [3.63, 3.8) is 0 Å². The SMILES string of the molecule is COc1cc(N2CCCC2=O)ccc1-n1ccc(=O)c(-c2ccnn2-c2ccccc2)n1. The number of hydrogen-bond acceptors (Lipinski definition) is 5. The van der Waals surface area contributed by atoms with E-state index >= 15 is 0 Å². The number of rotatable bonds is 5. The first-order valence-electron chi connectivity index (χ1n) is 10.3. The summed E-state index contributed by atoms with van der Waals surface area (Å²) in [5.41, 5.74) is 2.94. The van der Waals surface area contributed by atoms with Gasteiger partial charge in [-0.2, -0.15) is 10.2 Å². The highest BCUT2D eigenvalue weighted by atomic mass is 16.5. The van der Waals surface area contributed by atoms with Gasteiger partial charge in [0.2, 0.25) is 11.3 Å². The Morgan fingerprint density at radius 1 is 0.969 bits per heavy atom. The maximum Gasteiger partial charge on any atom is 0.227 e. The van der Waals surface area contributed by atoms with E-state index in [1.807, 2.05) is 48.5 Å². The van der Waals surface area contributed by atoms with Crippen LogP contribution >= 0.6 is 0 Å². The van der Waals surface area contributed by atoms with E-state index < -0.39 is 0 Å². The number of carbonyl (C=O) groups is 1. The quantitative estimate of drug-likeness (QED) is 0.488. The van der Waals surface area contributed by atoms with Crippen molar-refractivity contribution in [1.29, 1.82) is 0 Å². The number of amides is 1. The molecule has 0 unspecified atom stereocenters. The van der Waals surface area contributed by atoms with Crippen LogP contribution in [0.3, 0.4) is 0 Å². The summed E-state index contributed by atoms with van der Waals surface area (Å²) in [5, 5.41) is 8.97. The van der Waals surface area contributed by atoms with Crippen LogP contribution in [0.25, 0.3) is 22.8 Å². The van der Waals surface area contributed by atoms with Gasteiger partial charge < -0.3 is 9.64 Å². The highest BCUT2D eigenvalue weighted by molar-refractivity contribution is 5.95. The van der Waals surface area contributed by atoms with Gasteiger partial charge in [-0.3, -0.25) is 9.59 Å². The minimum atomic E-state index is -0.211. The number of carbonyl (C=O) groups excluding carboxylic acids is 1. The number of benzene rings is 2. The average molecular weight is 427 g/mol. The molecule has 1 aliphatic heterocycles. The van der Waals surface area contributed by atoms with Crippen LogP contribution in [0.5, 0.6) is 5.75 Å². The summed E-state index contributed by atoms with van der Waals surface area (Å²) in [6.45, 7) is 0.700. The molecule has 2 aromatic carbocycles. The molecule has 4 aromatic rings. The van der Waals surface area contributed by atoms with Crippen LogP contribution in [-0.2, 0) is 4.79 Å². The lowest BCUT2D eigenvalue weighted by Gasteiger charge is -2.18. The Labute approximate surface area is 184 Å². The summed E-state index contributed by atoms with van der Waals surface area (Å²) < 4.78 is 8.89. The van der Waals surface area contributed by atoms with Crippen molar-refractivity contribution in [2.24, 2.45) is 0 Å². The number of aromatic nitrogens is 4. The molecule has 32 heavy (non-hydrogen) atoms. The average Bonchev–Trinajstić information content (AvgIpc) is 3.49. The largest absolute Gasteiger partial charge is 0.494 e. The monoisotopic (exact) mass is 427 g/mol. The molecule has 3 heterocycles. The van der Waals surface area contributed by atoms with E-state index in [0.717, 1.165) is 17.8 Å². The Morgan fingerprint density at radius 2 is 1.81 bits per heavy atom. The Balaban J connectivity index is 1.58. The maximum atomic E-state index is 12.7. The Kier molecular flexibility index (Phi) is 5.03. The number of para-hydroxylation sites is 1. The van der Waals surface area contributed by atoms with Crippen molar-refractivity contribution in [1.82, 2.24) is 19.6 Å². The van der Waals surface area contributed by atoms with Gasteiger partial charge in [-0.15, -0.1) is 0 Å². The van der Waals surface area contributed by atoms with Crippen LogP contribution in [0.1, 0.15) is 12.8 Å². The highest BCUT2D eigenvalue weighted by Crippen LogP contribution is 2.30. The number of hydrogen-bond donors (Lipinski definition) is 0. The summed E-state index contributed by atoms with van der Waals surface area (Å²) in [5.74, 6) is 0.665. The standard InChI is InChI=1S/C24H21N5O3/c1-32-22-16-18(27-14-5-8-23(27)31)9-10-19(22)28-15-12-21(30)24(26-28)20-11-13-25-29(20)17-6-3-2-4-7-17/h2-4,6-7,9-13,15-16H,5,8,14H2,1H3. The molecule has 5 rings (SSSR count). The second-order valence-corrected chi connectivity index (χ2v) is 7.44. The lowest BCUT2D eigenvalue weighted by Crippen LogP contribution is -2.23. The van der Waals surface area contributed by atoms with Crippen molar-refractivity contribution >= 4 is 11.6 Å². The zero-order valence-corrected chi connectivity index (χ0v) is 17.5. The molecule has 0 saturated carbocycles. The van der Waals surface area contributed by atoms with E-state index in [2.05, 4.69) is 10.2 Å². The Hall–Kier alpha value is -4.20. The van der Waals surface area contributed by atoms with Crippen molar-refractivity contribution in [2.45, 2.75) is 12.8 Å². The van der Waals surface area contributed by atoms with Crippen LogP contribution < -0.4 is 15.1 Å². The van der Waals surface area contributed by atoms with Gasteiger partial charge in [-0.1, -0.05) is 18.2 Å². The molecule has 8 nitrogen and oxygen atoms in total. The summed E-state index contributed by atoms with van der Waals surface area (Å²) in [7, 11) is 1.57. The molecule has 8 heteroatoms. The van der Waals surface area contributed by atoms with Crippen LogP contribution in [0.15, 0.2) is 77.9 Å². The van der Waals surface area contributed by atoms with Gasteiger partial charge in [-0.25, -0.2) is 9.36 Å². The fraction of sp³-hybridized carbons (Fsp3) is 0.167. The molecule has 1 saturated heterocycles. The van der Waals surface area contributed by atoms with E-state index in [0.29, 0.717) is 30.1 Å². The molecule has 1 aliphatic rings. The number of methoxy groups -OCH3 is 1. The zero-order valence-electron chi connectivity index (χ0n) is 17.5. The van der Waals surface area contributed by atoms with E-state index in [-0.39, 0.29) is 17.0 Å². The summed E-state index contributed by atoms with van der Waals surface area (Å²) in [6.07, 6.45) is 4.66. The first-order valence-corrected chi connectivity index (χ1v) is 10.3. The highest BCUT2D eigenvalue weighted by Gasteiger charge is 2.23. The molecule has 0 bridgehead atoms. The summed E-state index contributed by atoms with van der Waals surface area (Å²) in [4.78, 5) is 26.6. The normalized spacial score (nSPS) is 13.5. The van der Waals surface area contributed by atoms with Gasteiger partial charge in [0.25, 0.3) is 0 Å². The van der Waals surface area contributed by atoms with Gasteiger partial charge in [0.1, 0.15) is 11.4 Å². The fourth-order valence-electron chi connectivity index (χ4n) is 3.92. The van der Waals surface area contributed by atoms with Gasteiger partial charge in [0.05, 0.1) is 24.7 Å². The third-order valence-corrected chi connectivity index (χ3v) is 5.49. The molecule has 0 atom stereocenters. The van der Waals surface area contributed by atoms with Crippen LogP contribution in [-0.4, -0.2) is 39.1 Å². The molecule has 0 N–H and O–H groups in total. The smallest absolute Gasteiger partial charge is 0.227 e. The first kappa shape index (κ1) is 19.7. The lowest BCUT2D eigenvalue weighted by molar-refractivity contribution is -0.117. The molecule has 0 radical (unpaired) electrons. The molecule has 0 aliphatic carbocycles. The predicted molar refractivity (Wildman–Crippen MR) is 121 cm³/mol. The molecule has 1 amide bonds. The van der Waals surface area contributed by atoms with Crippen LogP contribution in [0.2, 0.25) is 0 Å². The van der Waals surface area contributed by atoms with Crippen molar-refractivity contribution < 1.29 is 9.53 Å². The molecule has 160 valence electrons. The molecule has 1 fully saturated rings. The number of anilines is 1. The summed E-state index contributed by atoms with van der Waals surface area (Å²) >= 11 is 0. The zero-order chi connectivity index (χ0) is 22.1. The van der Waals surface area contributed by atoms with E-state index in [1.165, 1.54) is 6.07 Å². The van der Waals surface area contributed by atoms with E-state index in [1.54, 1.807) is 39.8 Å². The van der Waals surface area contributed by atoms with Crippen molar-refractivity contribution in [3.05, 3.63) is 83.3 Å². The van der Waals surface area contributed by atoms with Crippen LogP contribution in [0.4, 0.5) is 5.69 Å². The molecule has 2 aromatic heterocycles. The second-order valence-electron chi connectivity index (χ2n) is 7.44. The van der Waals surface area contributed by atoms with Gasteiger partial charge in [-0.05, 0) is 36.8 Å². The fourth-order valence-corrected chi connectivity index (χ4v) is 3.92. The van der Waals surface area contributed by atoms with Crippen molar-refractivity contribution in [3.8, 4) is 28.5 Å². The van der Waals surface area contributed by atoms with Gasteiger partial charge in [0, 0.05) is 37.0 Å². The second kappa shape index (κ2) is 8.14. The lowest BCUT2D eigenvalue weighted by atomic mass is 10.2. The van der Waals surface area contributed by atoms with E-state index in [9.17, 15) is 9.59 Å². The predicted octanol–water partition coefficient (Wildman–Crippen LogP) is 3.22. The first-order chi connectivity index (χ1) is 15.7.